The summed E-state index contributed by atoms with van der Waals surface area (Å²) in [6, 6.07) is 16.4. The molecule has 2 aromatic carbocycles. The molecular weight excluding hydrogens is 300 g/mol. The van der Waals surface area contributed by atoms with Gasteiger partial charge in [-0.3, -0.25) is 0 Å². The molecule has 4 heteroatoms. The molecule has 0 bridgehead atoms. The second-order valence-electron chi connectivity index (χ2n) is 6.19. The minimum absolute atomic E-state index is 0.555. The summed E-state index contributed by atoms with van der Waals surface area (Å²) in [4.78, 5) is 1.47. The summed E-state index contributed by atoms with van der Waals surface area (Å²) in [6.45, 7) is 6.33. The lowest BCUT2D eigenvalue weighted by molar-refractivity contribution is -0.875. The summed E-state index contributed by atoms with van der Waals surface area (Å²) < 4.78 is 11.9. The van der Waals surface area contributed by atoms with Crippen LogP contribution in [0.25, 0.3) is 0 Å². The molecule has 0 radical (unpaired) electrons. The largest absolute Gasteiger partial charge is 0.490 e. The molecule has 0 saturated carbocycles. The van der Waals surface area contributed by atoms with E-state index < -0.39 is 0 Å². The highest BCUT2D eigenvalue weighted by Gasteiger charge is 2.13. The minimum Gasteiger partial charge on any atom is -0.490 e. The molecule has 0 aliphatic rings. The zero-order valence-corrected chi connectivity index (χ0v) is 15.0. The van der Waals surface area contributed by atoms with Gasteiger partial charge in [-0.05, 0) is 24.6 Å². The van der Waals surface area contributed by atoms with Crippen LogP contribution in [0.1, 0.15) is 18.1 Å². The van der Waals surface area contributed by atoms with Crippen LogP contribution in [0.3, 0.4) is 0 Å². The number of para-hydroxylation sites is 1. The molecular formula is C20H30N2O2+2. The van der Waals surface area contributed by atoms with Gasteiger partial charge in [0.2, 0.25) is 0 Å². The normalized spacial score (nSPS) is 10.8. The van der Waals surface area contributed by atoms with E-state index in [9.17, 15) is 0 Å². The monoisotopic (exact) mass is 330 g/mol. The standard InChI is InChI=1S/C20H28N2O2/c1-4-23-19-12-8-11-18(15-21-13-14-22(2)3)20(19)24-16-17-9-6-5-7-10-17/h5-12,21H,4,13-16H2,1-3H3/p+2. The van der Waals surface area contributed by atoms with Crippen LogP contribution < -0.4 is 19.7 Å². The van der Waals surface area contributed by atoms with Crippen LogP contribution in [0.5, 0.6) is 11.5 Å². The van der Waals surface area contributed by atoms with Crippen LogP contribution in [0.15, 0.2) is 48.5 Å². The molecule has 0 heterocycles. The fourth-order valence-corrected chi connectivity index (χ4v) is 2.53. The van der Waals surface area contributed by atoms with Gasteiger partial charge in [-0.15, -0.1) is 0 Å². The first-order valence-corrected chi connectivity index (χ1v) is 8.72. The Hall–Kier alpha value is -2.04. The van der Waals surface area contributed by atoms with Gasteiger partial charge in [-0.1, -0.05) is 36.4 Å². The number of hydrogen-bond acceptors (Lipinski definition) is 2. The fourth-order valence-electron chi connectivity index (χ4n) is 2.53. The molecule has 0 aliphatic heterocycles. The maximum atomic E-state index is 6.13. The van der Waals surface area contributed by atoms with E-state index in [1.54, 1.807) is 0 Å². The van der Waals surface area contributed by atoms with Crippen molar-refractivity contribution in [1.82, 2.24) is 0 Å². The predicted octanol–water partition coefficient (Wildman–Crippen LogP) is 0.872. The van der Waals surface area contributed by atoms with Crippen LogP contribution in [-0.4, -0.2) is 33.8 Å². The second-order valence-corrected chi connectivity index (χ2v) is 6.19. The quantitative estimate of drug-likeness (QED) is 0.635. The Labute approximate surface area is 145 Å². The van der Waals surface area contributed by atoms with Crippen molar-refractivity contribution in [3.8, 4) is 11.5 Å². The van der Waals surface area contributed by atoms with E-state index >= 15 is 0 Å². The van der Waals surface area contributed by atoms with Gasteiger partial charge in [0.25, 0.3) is 0 Å². The number of ether oxygens (including phenoxy) is 2. The molecule has 24 heavy (non-hydrogen) atoms. The molecule has 0 atom stereocenters. The van der Waals surface area contributed by atoms with Crippen LogP contribution in [0.2, 0.25) is 0 Å². The van der Waals surface area contributed by atoms with Gasteiger partial charge >= 0.3 is 0 Å². The lowest BCUT2D eigenvalue weighted by atomic mass is 10.1. The van der Waals surface area contributed by atoms with Gasteiger partial charge in [0.15, 0.2) is 11.5 Å². The highest BCUT2D eigenvalue weighted by molar-refractivity contribution is 5.46. The third kappa shape index (κ3) is 5.87. The summed E-state index contributed by atoms with van der Waals surface area (Å²) >= 11 is 0. The van der Waals surface area contributed by atoms with Gasteiger partial charge < -0.3 is 19.7 Å². The predicted molar refractivity (Wildman–Crippen MR) is 96.6 cm³/mol. The first-order chi connectivity index (χ1) is 11.7. The number of nitrogens with two attached hydrogens (primary N) is 1. The summed E-state index contributed by atoms with van der Waals surface area (Å²) in [5.74, 6) is 1.70. The second kappa shape index (κ2) is 9.96. The zero-order chi connectivity index (χ0) is 17.2. The van der Waals surface area contributed by atoms with Gasteiger partial charge in [0.05, 0.1) is 26.3 Å². The lowest BCUT2D eigenvalue weighted by Crippen LogP contribution is -3.09. The number of likely N-dealkylation sites (N-methyl/N-ethyl adjacent to an activating group) is 1. The Morgan fingerprint density at radius 1 is 0.958 bits per heavy atom. The number of rotatable bonds is 10. The summed E-state index contributed by atoms with van der Waals surface area (Å²) in [5, 5.41) is 2.33. The molecule has 0 fully saturated rings. The Bertz CT molecular complexity index is 600. The van der Waals surface area contributed by atoms with E-state index in [1.807, 2.05) is 37.3 Å². The summed E-state index contributed by atoms with van der Waals surface area (Å²) in [7, 11) is 4.36. The van der Waals surface area contributed by atoms with Gasteiger partial charge in [0.1, 0.15) is 26.2 Å². The van der Waals surface area contributed by atoms with Crippen molar-refractivity contribution in [3.05, 3.63) is 59.7 Å². The Morgan fingerprint density at radius 2 is 1.75 bits per heavy atom. The molecule has 2 aromatic rings. The average molecular weight is 330 g/mol. The molecule has 0 unspecified atom stereocenters. The average Bonchev–Trinajstić information content (AvgIpc) is 2.59. The summed E-state index contributed by atoms with van der Waals surface area (Å²) in [6.07, 6.45) is 0. The maximum Gasteiger partial charge on any atom is 0.170 e. The van der Waals surface area contributed by atoms with Crippen LogP contribution in [0, 0.1) is 0 Å². The third-order valence-electron chi connectivity index (χ3n) is 3.80. The topological polar surface area (TPSA) is 39.5 Å². The Kier molecular flexibility index (Phi) is 7.59. The van der Waals surface area contributed by atoms with E-state index in [1.165, 1.54) is 10.5 Å². The highest BCUT2D eigenvalue weighted by atomic mass is 16.5. The molecule has 0 amide bonds. The molecule has 0 spiro atoms. The molecule has 3 N–H and O–H groups in total. The van der Waals surface area contributed by atoms with Gasteiger partial charge in [0, 0.05) is 0 Å². The highest BCUT2D eigenvalue weighted by Crippen LogP contribution is 2.31. The van der Waals surface area contributed by atoms with Crippen molar-refractivity contribution in [2.75, 3.05) is 33.8 Å². The molecule has 0 aliphatic carbocycles. The number of benzene rings is 2. The van der Waals surface area contributed by atoms with Crippen LogP contribution in [-0.2, 0) is 13.2 Å². The van der Waals surface area contributed by atoms with E-state index in [0.717, 1.165) is 36.7 Å². The molecule has 0 saturated heterocycles. The van der Waals surface area contributed by atoms with Crippen LogP contribution in [0.4, 0.5) is 0 Å². The van der Waals surface area contributed by atoms with Crippen LogP contribution >= 0.6 is 0 Å². The number of quaternary nitrogens is 2. The first kappa shape index (κ1) is 18.3. The van der Waals surface area contributed by atoms with Gasteiger partial charge in [-0.25, -0.2) is 0 Å². The van der Waals surface area contributed by atoms with E-state index in [2.05, 4.69) is 37.6 Å². The van der Waals surface area contributed by atoms with Crippen molar-refractivity contribution in [3.63, 3.8) is 0 Å². The van der Waals surface area contributed by atoms with E-state index in [0.29, 0.717) is 13.2 Å². The number of hydrogen-bond donors (Lipinski definition) is 2. The minimum atomic E-state index is 0.555. The van der Waals surface area contributed by atoms with Crippen molar-refractivity contribution < 1.29 is 19.7 Å². The Balaban J connectivity index is 2.06. The van der Waals surface area contributed by atoms with Crippen molar-refractivity contribution >= 4 is 0 Å². The number of nitrogens with one attached hydrogen (secondary N) is 1. The summed E-state index contributed by atoms with van der Waals surface area (Å²) in [5.41, 5.74) is 2.35. The molecule has 2 rings (SSSR count). The van der Waals surface area contributed by atoms with Crippen molar-refractivity contribution in [2.45, 2.75) is 20.1 Å². The fraction of sp³-hybridized carbons (Fsp3) is 0.400. The maximum absolute atomic E-state index is 6.13. The molecule has 130 valence electrons. The smallest absolute Gasteiger partial charge is 0.170 e. The lowest BCUT2D eigenvalue weighted by Gasteiger charge is -2.15. The molecule has 0 aromatic heterocycles. The van der Waals surface area contributed by atoms with E-state index in [4.69, 9.17) is 9.47 Å². The first-order valence-electron chi connectivity index (χ1n) is 8.72. The zero-order valence-electron chi connectivity index (χ0n) is 15.0. The van der Waals surface area contributed by atoms with Crippen molar-refractivity contribution in [2.24, 2.45) is 0 Å². The SMILES string of the molecule is CCOc1cccc(C[NH2+]CC[NH+](C)C)c1OCc1ccccc1. The van der Waals surface area contributed by atoms with Crippen molar-refractivity contribution in [1.29, 1.82) is 0 Å². The van der Waals surface area contributed by atoms with E-state index in [-0.39, 0.29) is 0 Å². The Morgan fingerprint density at radius 3 is 2.46 bits per heavy atom. The third-order valence-corrected chi connectivity index (χ3v) is 3.80. The molecule has 4 nitrogen and oxygen atoms in total. The van der Waals surface area contributed by atoms with Gasteiger partial charge in [-0.2, -0.15) is 0 Å².